The molecule has 0 saturated carbocycles. The number of anilines is 1. The highest BCUT2D eigenvalue weighted by Gasteiger charge is 2.20. The Morgan fingerprint density at radius 2 is 2.00 bits per heavy atom. The molecule has 130 valence electrons. The summed E-state index contributed by atoms with van der Waals surface area (Å²) in [7, 11) is 0. The van der Waals surface area contributed by atoms with Crippen LogP contribution in [0.4, 0.5) is 10.2 Å². The van der Waals surface area contributed by atoms with E-state index >= 15 is 0 Å². The molecule has 0 radical (unpaired) electrons. The van der Waals surface area contributed by atoms with Gasteiger partial charge in [-0.2, -0.15) is 9.37 Å². The van der Waals surface area contributed by atoms with Gasteiger partial charge < -0.3 is 20.3 Å². The van der Waals surface area contributed by atoms with E-state index < -0.39 is 5.95 Å². The number of nitrogens with zero attached hydrogens (tertiary/aromatic N) is 1. The van der Waals surface area contributed by atoms with E-state index in [0.717, 1.165) is 0 Å². The van der Waals surface area contributed by atoms with Gasteiger partial charge in [0.15, 0.2) is 11.6 Å². The first-order valence-electron chi connectivity index (χ1n) is 7.25. The fraction of sp³-hybridized carbons (Fsp3) is 0.312. The fourth-order valence-corrected chi connectivity index (χ4v) is 2.52. The molecule has 3 N–H and O–H groups in total. The monoisotopic (exact) mass is 374 g/mol. The van der Waals surface area contributed by atoms with E-state index in [1.807, 2.05) is 13.8 Å². The summed E-state index contributed by atoms with van der Waals surface area (Å²) in [6, 6.07) is 4.63. The van der Waals surface area contributed by atoms with Crippen LogP contribution < -0.4 is 10.1 Å². The lowest BCUT2D eigenvalue weighted by atomic mass is 10.0. The largest absolute Gasteiger partial charge is 0.508 e. The highest BCUT2D eigenvalue weighted by Crippen LogP contribution is 2.42. The molecule has 5 nitrogen and oxygen atoms in total. The second-order valence-corrected chi connectivity index (χ2v) is 6.09. The second-order valence-electron chi connectivity index (χ2n) is 5.34. The minimum Gasteiger partial charge on any atom is -0.508 e. The van der Waals surface area contributed by atoms with Crippen LogP contribution in [-0.2, 0) is 0 Å². The third-order valence-corrected chi connectivity index (χ3v) is 3.92. The summed E-state index contributed by atoms with van der Waals surface area (Å²) in [5.74, 6) is -0.466. The van der Waals surface area contributed by atoms with Gasteiger partial charge in [0.25, 0.3) is 0 Å². The second kappa shape index (κ2) is 7.88. The van der Waals surface area contributed by atoms with Crippen molar-refractivity contribution in [2.75, 3.05) is 18.5 Å². The molecule has 8 heteroatoms. The molecule has 0 bridgehead atoms. The zero-order valence-corrected chi connectivity index (χ0v) is 14.6. The maximum atomic E-state index is 13.9. The Balaban J connectivity index is 2.42. The van der Waals surface area contributed by atoms with Crippen LogP contribution in [0.15, 0.2) is 18.2 Å². The van der Waals surface area contributed by atoms with E-state index in [-0.39, 0.29) is 46.4 Å². The number of ether oxygens (including phenoxy) is 1. The molecule has 0 unspecified atom stereocenters. The van der Waals surface area contributed by atoms with Gasteiger partial charge in [-0.1, -0.05) is 37.0 Å². The molecular weight excluding hydrogens is 358 g/mol. The first kappa shape index (κ1) is 18.6. The molecule has 0 atom stereocenters. The molecule has 0 saturated heterocycles. The normalized spacial score (nSPS) is 11.0. The van der Waals surface area contributed by atoms with Gasteiger partial charge in [0, 0.05) is 12.1 Å². The zero-order valence-electron chi connectivity index (χ0n) is 13.1. The van der Waals surface area contributed by atoms with E-state index in [0.29, 0.717) is 11.3 Å². The van der Waals surface area contributed by atoms with Crippen molar-refractivity contribution >= 4 is 29.0 Å². The molecule has 2 rings (SSSR count). The highest BCUT2D eigenvalue weighted by atomic mass is 35.5. The van der Waals surface area contributed by atoms with Crippen LogP contribution in [0.2, 0.25) is 10.0 Å². The van der Waals surface area contributed by atoms with E-state index in [1.54, 1.807) is 6.07 Å². The number of halogens is 3. The lowest BCUT2D eigenvalue weighted by Gasteiger charge is -2.15. The van der Waals surface area contributed by atoms with Crippen LogP contribution in [-0.4, -0.2) is 28.3 Å². The van der Waals surface area contributed by atoms with Crippen molar-refractivity contribution in [3.63, 3.8) is 0 Å². The third-order valence-electron chi connectivity index (χ3n) is 3.24. The Hall–Kier alpha value is -1.76. The molecule has 0 amide bonds. The van der Waals surface area contributed by atoms with E-state index in [2.05, 4.69) is 10.3 Å². The zero-order chi connectivity index (χ0) is 17.9. The van der Waals surface area contributed by atoms with Gasteiger partial charge >= 0.3 is 0 Å². The van der Waals surface area contributed by atoms with Crippen LogP contribution in [0.1, 0.15) is 25.3 Å². The van der Waals surface area contributed by atoms with Crippen LogP contribution >= 0.6 is 23.2 Å². The van der Waals surface area contributed by atoms with Crippen molar-refractivity contribution in [1.29, 1.82) is 0 Å². The summed E-state index contributed by atoms with van der Waals surface area (Å²) in [5.41, 5.74) is 0.674. The fourth-order valence-electron chi connectivity index (χ4n) is 2.05. The van der Waals surface area contributed by atoms with Crippen LogP contribution in [0.3, 0.4) is 0 Å². The topological polar surface area (TPSA) is 74.6 Å². The lowest BCUT2D eigenvalue weighted by molar-refractivity contribution is 0.311. The predicted octanol–water partition coefficient (Wildman–Crippen LogP) is 4.55. The molecular formula is C16H17Cl2FN2O3. The first-order chi connectivity index (χ1) is 11.3. The van der Waals surface area contributed by atoms with Crippen molar-refractivity contribution in [1.82, 2.24) is 4.98 Å². The maximum Gasteiger partial charge on any atom is 0.237 e. The van der Waals surface area contributed by atoms with Crippen molar-refractivity contribution in [2.24, 2.45) is 0 Å². The van der Waals surface area contributed by atoms with Crippen molar-refractivity contribution in [2.45, 2.75) is 19.8 Å². The Kier molecular flexibility index (Phi) is 6.10. The lowest BCUT2D eigenvalue weighted by Crippen LogP contribution is -2.09. The number of aliphatic hydroxyl groups excluding tert-OH is 1. The third kappa shape index (κ3) is 4.01. The summed E-state index contributed by atoms with van der Waals surface area (Å²) in [4.78, 5) is 3.60. The molecule has 0 aliphatic rings. The number of phenols is 1. The average molecular weight is 375 g/mol. The molecule has 24 heavy (non-hydrogen) atoms. The van der Waals surface area contributed by atoms with Gasteiger partial charge in [0.05, 0.1) is 6.61 Å². The van der Waals surface area contributed by atoms with Crippen LogP contribution in [0.25, 0.3) is 0 Å². The minimum absolute atomic E-state index is 0.00554. The Morgan fingerprint density at radius 3 is 2.62 bits per heavy atom. The van der Waals surface area contributed by atoms with Gasteiger partial charge in [-0.05, 0) is 24.1 Å². The molecule has 1 aromatic heterocycles. The average Bonchev–Trinajstić information content (AvgIpc) is 2.55. The van der Waals surface area contributed by atoms with E-state index in [4.69, 9.17) is 33.0 Å². The molecule has 1 aromatic carbocycles. The quantitative estimate of drug-likeness (QED) is 0.646. The smallest absolute Gasteiger partial charge is 0.237 e. The standard InChI is InChI=1S/C16H17Cl2FN2O3/c1-8(2)10-7-9(3-4-11(10)23)24-14-12(17)15(19)21-16(13(14)18)20-5-6-22/h3-4,7-8,22-23H,5-6H2,1-2H3,(H,20,21). The summed E-state index contributed by atoms with van der Waals surface area (Å²) in [6.07, 6.45) is 0. The molecule has 0 fully saturated rings. The number of aliphatic hydroxyl groups is 1. The number of benzene rings is 1. The molecule has 1 heterocycles. The summed E-state index contributed by atoms with van der Waals surface area (Å²) >= 11 is 12.1. The van der Waals surface area contributed by atoms with Crippen molar-refractivity contribution < 1.29 is 19.3 Å². The molecule has 0 spiro atoms. The predicted molar refractivity (Wildman–Crippen MR) is 92.1 cm³/mol. The van der Waals surface area contributed by atoms with Crippen LogP contribution in [0.5, 0.6) is 17.2 Å². The number of hydrogen-bond acceptors (Lipinski definition) is 5. The first-order valence-corrected chi connectivity index (χ1v) is 8.00. The van der Waals surface area contributed by atoms with E-state index in [9.17, 15) is 9.50 Å². The highest BCUT2D eigenvalue weighted by molar-refractivity contribution is 6.38. The van der Waals surface area contributed by atoms with Gasteiger partial charge in [-0.25, -0.2) is 0 Å². The summed E-state index contributed by atoms with van der Waals surface area (Å²) in [6.45, 7) is 3.81. The summed E-state index contributed by atoms with van der Waals surface area (Å²) in [5, 5.41) is 21.0. The van der Waals surface area contributed by atoms with Gasteiger partial charge in [0.1, 0.15) is 21.5 Å². The van der Waals surface area contributed by atoms with Crippen molar-refractivity contribution in [3.8, 4) is 17.2 Å². The van der Waals surface area contributed by atoms with Crippen molar-refractivity contribution in [3.05, 3.63) is 39.8 Å². The molecule has 0 aliphatic heterocycles. The number of nitrogens with one attached hydrogen (secondary N) is 1. The SMILES string of the molecule is CC(C)c1cc(Oc2c(Cl)c(F)nc(NCCO)c2Cl)ccc1O. The number of aromatic hydroxyl groups is 1. The minimum atomic E-state index is -0.945. The molecule has 2 aromatic rings. The number of hydrogen-bond donors (Lipinski definition) is 3. The Bertz CT molecular complexity index is 742. The van der Waals surface area contributed by atoms with Gasteiger partial charge in [0.2, 0.25) is 5.95 Å². The Labute approximate surface area is 149 Å². The Morgan fingerprint density at radius 1 is 1.29 bits per heavy atom. The van der Waals surface area contributed by atoms with E-state index in [1.165, 1.54) is 12.1 Å². The number of phenolic OH excluding ortho intramolecular Hbond substituents is 1. The summed E-state index contributed by atoms with van der Waals surface area (Å²) < 4.78 is 19.5. The van der Waals surface area contributed by atoms with Crippen LogP contribution in [0, 0.1) is 5.95 Å². The van der Waals surface area contributed by atoms with Gasteiger partial charge in [-0.15, -0.1) is 0 Å². The number of aromatic nitrogens is 1. The maximum absolute atomic E-state index is 13.9. The van der Waals surface area contributed by atoms with Gasteiger partial charge in [-0.3, -0.25) is 0 Å². The molecule has 0 aliphatic carbocycles. The number of pyridine rings is 1. The number of rotatable bonds is 6.